The zero-order chi connectivity index (χ0) is 27.2. The van der Waals surface area contributed by atoms with Crippen LogP contribution in [-0.2, 0) is 14.9 Å². The number of benzene rings is 3. The van der Waals surface area contributed by atoms with Crippen LogP contribution in [0.2, 0.25) is 0 Å². The van der Waals surface area contributed by atoms with E-state index in [9.17, 15) is 14.4 Å². The zero-order valence-corrected chi connectivity index (χ0v) is 21.1. The van der Waals surface area contributed by atoms with Gasteiger partial charge in [0.05, 0.1) is 31.8 Å². The summed E-state index contributed by atoms with van der Waals surface area (Å²) in [5, 5.41) is 5.43. The molecule has 10 nitrogen and oxygen atoms in total. The second kappa shape index (κ2) is 11.3. The molecule has 1 unspecified atom stereocenters. The van der Waals surface area contributed by atoms with Crippen molar-refractivity contribution in [2.45, 2.75) is 19.3 Å². The Kier molecular flexibility index (Phi) is 8.23. The van der Waals surface area contributed by atoms with Crippen molar-refractivity contribution in [3.05, 3.63) is 77.4 Å². The number of methoxy groups -OCH3 is 2. The Balaban J connectivity index is 1.97. The van der Waals surface area contributed by atoms with Gasteiger partial charge in [-0.15, -0.1) is 0 Å². The topological polar surface area (TPSA) is 155 Å². The molecule has 37 heavy (non-hydrogen) atoms. The lowest BCUT2D eigenvalue weighted by molar-refractivity contribution is -0.121. The number of amides is 3. The number of nitrogens with two attached hydrogens (primary N) is 2. The molecular formula is C27H30N4O6. The molecule has 0 fully saturated rings. The normalized spacial score (nSPS) is 12.1. The van der Waals surface area contributed by atoms with Crippen molar-refractivity contribution < 1.29 is 28.6 Å². The van der Waals surface area contributed by atoms with Crippen LogP contribution in [0.15, 0.2) is 60.7 Å². The van der Waals surface area contributed by atoms with Crippen LogP contribution in [-0.4, -0.2) is 38.7 Å². The molecule has 0 heterocycles. The van der Waals surface area contributed by atoms with Crippen LogP contribution in [0.5, 0.6) is 11.5 Å². The van der Waals surface area contributed by atoms with Gasteiger partial charge in [0.1, 0.15) is 0 Å². The van der Waals surface area contributed by atoms with E-state index < -0.39 is 23.3 Å². The summed E-state index contributed by atoms with van der Waals surface area (Å²) in [7, 11) is 2.89. The fourth-order valence-electron chi connectivity index (χ4n) is 3.85. The lowest BCUT2D eigenvalue weighted by atomic mass is 9.73. The van der Waals surface area contributed by atoms with E-state index in [1.165, 1.54) is 20.3 Å². The summed E-state index contributed by atoms with van der Waals surface area (Å²) in [5.74, 6) is -0.723. The SMILES string of the molecule is CCOC(=O)c1cc(OC)c(OC)cc1C(C)(C(N)=O)c1ccc(NC(=O)Nc2ccc(N)cc2)cc1. The number of anilines is 3. The summed E-state index contributed by atoms with van der Waals surface area (Å²) >= 11 is 0. The van der Waals surface area contributed by atoms with Gasteiger partial charge in [-0.25, -0.2) is 9.59 Å². The van der Waals surface area contributed by atoms with Crippen molar-refractivity contribution in [2.75, 3.05) is 37.2 Å². The van der Waals surface area contributed by atoms with Gasteiger partial charge in [-0.3, -0.25) is 4.79 Å². The lowest BCUT2D eigenvalue weighted by Gasteiger charge is -2.30. The first-order valence-electron chi connectivity index (χ1n) is 11.4. The standard InChI is InChI=1S/C27H30N4O6/c1-5-37-24(32)20-14-22(35-3)23(36-4)15-21(20)27(2,25(29)33)16-6-10-18(11-7-16)30-26(34)31-19-12-8-17(28)9-13-19/h6-15H,5,28H2,1-4H3,(H2,29,33)(H2,30,31,34). The van der Waals surface area contributed by atoms with Gasteiger partial charge in [0.25, 0.3) is 0 Å². The van der Waals surface area contributed by atoms with Gasteiger partial charge in [-0.05, 0) is 73.5 Å². The lowest BCUT2D eigenvalue weighted by Crippen LogP contribution is -2.41. The molecule has 10 heteroatoms. The largest absolute Gasteiger partial charge is 0.493 e. The predicted molar refractivity (Wildman–Crippen MR) is 141 cm³/mol. The fourth-order valence-corrected chi connectivity index (χ4v) is 3.85. The molecule has 6 N–H and O–H groups in total. The summed E-state index contributed by atoms with van der Waals surface area (Å²) < 4.78 is 16.0. The average Bonchev–Trinajstić information content (AvgIpc) is 2.89. The molecule has 0 aromatic heterocycles. The molecule has 0 saturated heterocycles. The quantitative estimate of drug-likeness (QED) is 0.253. The number of hydrogen-bond donors (Lipinski definition) is 4. The van der Waals surface area contributed by atoms with Gasteiger partial charge in [0, 0.05) is 17.1 Å². The molecule has 194 valence electrons. The number of hydrogen-bond acceptors (Lipinski definition) is 7. The number of rotatable bonds is 9. The number of urea groups is 1. The van der Waals surface area contributed by atoms with Gasteiger partial charge in [0.15, 0.2) is 11.5 Å². The van der Waals surface area contributed by atoms with Crippen LogP contribution in [0.4, 0.5) is 21.9 Å². The van der Waals surface area contributed by atoms with Crippen LogP contribution in [0.1, 0.15) is 35.3 Å². The van der Waals surface area contributed by atoms with Crippen molar-refractivity contribution in [3.8, 4) is 11.5 Å². The summed E-state index contributed by atoms with van der Waals surface area (Å²) in [6.45, 7) is 3.43. The number of primary amides is 1. The molecule has 0 aliphatic heterocycles. The smallest absolute Gasteiger partial charge is 0.338 e. The number of esters is 1. The zero-order valence-electron chi connectivity index (χ0n) is 21.1. The third-order valence-corrected chi connectivity index (χ3v) is 5.94. The first-order chi connectivity index (χ1) is 17.6. The highest BCUT2D eigenvalue weighted by atomic mass is 16.5. The van der Waals surface area contributed by atoms with E-state index in [4.69, 9.17) is 25.7 Å². The minimum atomic E-state index is -1.45. The maximum atomic E-state index is 12.9. The van der Waals surface area contributed by atoms with Gasteiger partial charge in [-0.2, -0.15) is 0 Å². The monoisotopic (exact) mass is 506 g/mol. The van der Waals surface area contributed by atoms with Gasteiger partial charge in [0.2, 0.25) is 5.91 Å². The van der Waals surface area contributed by atoms with Crippen LogP contribution in [0.3, 0.4) is 0 Å². The Morgan fingerprint density at radius 2 is 1.38 bits per heavy atom. The molecule has 0 radical (unpaired) electrons. The summed E-state index contributed by atoms with van der Waals surface area (Å²) in [4.78, 5) is 38.1. The molecular weight excluding hydrogens is 476 g/mol. The van der Waals surface area contributed by atoms with E-state index >= 15 is 0 Å². The number of nitrogen functional groups attached to an aromatic ring is 1. The third kappa shape index (κ3) is 5.75. The highest BCUT2D eigenvalue weighted by Crippen LogP contribution is 2.40. The van der Waals surface area contributed by atoms with Crippen LogP contribution < -0.4 is 31.6 Å². The van der Waals surface area contributed by atoms with Crippen molar-refractivity contribution in [1.82, 2.24) is 0 Å². The predicted octanol–water partition coefficient (Wildman–Crippen LogP) is 3.90. The van der Waals surface area contributed by atoms with Gasteiger partial charge < -0.3 is 36.3 Å². The van der Waals surface area contributed by atoms with E-state index in [-0.39, 0.29) is 17.7 Å². The fraction of sp³-hybridized carbons (Fsp3) is 0.222. The Bertz CT molecular complexity index is 1290. The first kappa shape index (κ1) is 26.9. The minimum absolute atomic E-state index is 0.117. The molecule has 3 aromatic rings. The van der Waals surface area contributed by atoms with Crippen molar-refractivity contribution >= 4 is 35.0 Å². The molecule has 0 aliphatic carbocycles. The number of ether oxygens (including phenoxy) is 3. The molecule has 3 rings (SSSR count). The van der Waals surface area contributed by atoms with Gasteiger partial charge >= 0.3 is 12.0 Å². The second-order valence-electron chi connectivity index (χ2n) is 8.24. The molecule has 0 saturated carbocycles. The van der Waals surface area contributed by atoms with Crippen molar-refractivity contribution in [2.24, 2.45) is 5.73 Å². The van der Waals surface area contributed by atoms with E-state index in [0.29, 0.717) is 34.1 Å². The Morgan fingerprint density at radius 3 is 1.86 bits per heavy atom. The minimum Gasteiger partial charge on any atom is -0.493 e. The number of carbonyl (C=O) groups is 3. The summed E-state index contributed by atoms with van der Waals surface area (Å²) in [6, 6.07) is 15.8. The molecule has 0 bridgehead atoms. The highest BCUT2D eigenvalue weighted by Gasteiger charge is 2.40. The number of nitrogens with one attached hydrogen (secondary N) is 2. The van der Waals surface area contributed by atoms with Gasteiger partial charge in [-0.1, -0.05) is 12.1 Å². The van der Waals surface area contributed by atoms with Crippen molar-refractivity contribution in [3.63, 3.8) is 0 Å². The Morgan fingerprint density at radius 1 is 0.865 bits per heavy atom. The van der Waals surface area contributed by atoms with E-state index in [1.807, 2.05) is 0 Å². The molecule has 0 aliphatic rings. The first-order valence-corrected chi connectivity index (χ1v) is 11.4. The average molecular weight is 507 g/mol. The summed E-state index contributed by atoms with van der Waals surface area (Å²) in [6.07, 6.45) is 0. The Labute approximate surface area is 214 Å². The Hall–Kier alpha value is -4.73. The van der Waals surface area contributed by atoms with Crippen molar-refractivity contribution in [1.29, 1.82) is 0 Å². The molecule has 1 atom stereocenters. The van der Waals surface area contributed by atoms with Crippen LogP contribution in [0, 0.1) is 0 Å². The summed E-state index contributed by atoms with van der Waals surface area (Å²) in [5.41, 5.74) is 12.6. The van der Waals surface area contributed by atoms with E-state index in [0.717, 1.165) is 0 Å². The van der Waals surface area contributed by atoms with Crippen LogP contribution in [0.25, 0.3) is 0 Å². The third-order valence-electron chi connectivity index (χ3n) is 5.94. The molecule has 3 amide bonds. The number of carbonyl (C=O) groups excluding carboxylic acids is 3. The maximum absolute atomic E-state index is 12.9. The molecule has 3 aromatic carbocycles. The van der Waals surface area contributed by atoms with E-state index in [1.54, 1.807) is 68.4 Å². The highest BCUT2D eigenvalue weighted by molar-refractivity contribution is 6.00. The maximum Gasteiger partial charge on any atom is 0.338 e. The van der Waals surface area contributed by atoms with Crippen LogP contribution >= 0.6 is 0 Å². The van der Waals surface area contributed by atoms with E-state index in [2.05, 4.69) is 10.6 Å². The molecule has 0 spiro atoms. The second-order valence-corrected chi connectivity index (χ2v) is 8.24.